The fourth-order valence-corrected chi connectivity index (χ4v) is 4.11. The van der Waals surface area contributed by atoms with Crippen molar-refractivity contribution in [2.24, 2.45) is 0 Å². The van der Waals surface area contributed by atoms with E-state index in [1.165, 1.54) is 0 Å². The summed E-state index contributed by atoms with van der Waals surface area (Å²) in [6.07, 6.45) is 5.05. The molecule has 0 radical (unpaired) electrons. The zero-order valence-corrected chi connectivity index (χ0v) is 13.3. The minimum absolute atomic E-state index is 0.186. The standard InChI is InChI=1S/C17H22N4O2/c1-17(7-4-15(22)20-16(17)23)11-2-3-14(19-10-11)21-9-6-12-13(21)5-8-18-12/h2-3,10,12-13,18H,4-9H2,1H3,(H,20,22,23). The topological polar surface area (TPSA) is 74.3 Å². The highest BCUT2D eigenvalue weighted by atomic mass is 16.2. The molecule has 3 aliphatic rings. The highest BCUT2D eigenvalue weighted by Crippen LogP contribution is 2.34. The zero-order valence-electron chi connectivity index (χ0n) is 13.3. The summed E-state index contributed by atoms with van der Waals surface area (Å²) in [5.41, 5.74) is 0.216. The summed E-state index contributed by atoms with van der Waals surface area (Å²) < 4.78 is 0. The van der Waals surface area contributed by atoms with E-state index in [2.05, 4.69) is 20.5 Å². The third-order valence-corrected chi connectivity index (χ3v) is 5.68. The van der Waals surface area contributed by atoms with Crippen LogP contribution in [-0.4, -0.2) is 42.0 Å². The smallest absolute Gasteiger partial charge is 0.236 e. The molecule has 3 aliphatic heterocycles. The lowest BCUT2D eigenvalue weighted by Crippen LogP contribution is -2.49. The van der Waals surface area contributed by atoms with Gasteiger partial charge in [-0.2, -0.15) is 0 Å². The van der Waals surface area contributed by atoms with Crippen molar-refractivity contribution in [3.8, 4) is 0 Å². The number of nitrogens with zero attached hydrogens (tertiary/aromatic N) is 2. The monoisotopic (exact) mass is 314 g/mol. The quantitative estimate of drug-likeness (QED) is 0.787. The molecule has 2 N–H and O–H groups in total. The van der Waals surface area contributed by atoms with Crippen LogP contribution in [-0.2, 0) is 15.0 Å². The first-order valence-corrected chi connectivity index (χ1v) is 8.39. The van der Waals surface area contributed by atoms with Crippen LogP contribution in [0.4, 0.5) is 5.82 Å². The highest BCUT2D eigenvalue weighted by molar-refractivity contribution is 6.03. The van der Waals surface area contributed by atoms with Gasteiger partial charge in [-0.3, -0.25) is 14.9 Å². The Balaban J connectivity index is 1.56. The summed E-state index contributed by atoms with van der Waals surface area (Å²) in [6.45, 7) is 4.00. The number of piperidine rings is 1. The molecule has 0 aromatic carbocycles. The molecule has 1 aromatic heterocycles. The molecule has 0 bridgehead atoms. The number of carbonyl (C=O) groups excluding carboxylic acids is 2. The van der Waals surface area contributed by atoms with Gasteiger partial charge in [0.05, 0.1) is 5.41 Å². The van der Waals surface area contributed by atoms with E-state index in [-0.39, 0.29) is 11.8 Å². The van der Waals surface area contributed by atoms with Crippen molar-refractivity contribution in [3.63, 3.8) is 0 Å². The van der Waals surface area contributed by atoms with Crippen molar-refractivity contribution >= 4 is 17.6 Å². The van der Waals surface area contributed by atoms with Crippen LogP contribution in [0.15, 0.2) is 18.3 Å². The lowest BCUT2D eigenvalue weighted by molar-refractivity contribution is -0.137. The van der Waals surface area contributed by atoms with E-state index in [4.69, 9.17) is 0 Å². The number of rotatable bonds is 2. The summed E-state index contributed by atoms with van der Waals surface area (Å²) in [4.78, 5) is 30.6. The molecule has 3 saturated heterocycles. The van der Waals surface area contributed by atoms with Crippen LogP contribution < -0.4 is 15.5 Å². The number of nitrogens with one attached hydrogen (secondary N) is 2. The maximum atomic E-state index is 12.2. The summed E-state index contributed by atoms with van der Waals surface area (Å²) in [5, 5.41) is 5.99. The molecule has 23 heavy (non-hydrogen) atoms. The number of carbonyl (C=O) groups is 2. The fourth-order valence-electron chi connectivity index (χ4n) is 4.11. The average Bonchev–Trinajstić information content (AvgIpc) is 3.15. The van der Waals surface area contributed by atoms with Crippen molar-refractivity contribution in [3.05, 3.63) is 23.9 Å². The molecule has 0 saturated carbocycles. The minimum Gasteiger partial charge on any atom is -0.352 e. The number of hydrogen-bond acceptors (Lipinski definition) is 5. The van der Waals surface area contributed by atoms with Gasteiger partial charge in [0.2, 0.25) is 11.8 Å². The van der Waals surface area contributed by atoms with Gasteiger partial charge in [0, 0.05) is 31.2 Å². The van der Waals surface area contributed by atoms with Gasteiger partial charge in [-0.15, -0.1) is 0 Å². The summed E-state index contributed by atoms with van der Waals surface area (Å²) >= 11 is 0. The first-order valence-electron chi connectivity index (χ1n) is 8.39. The molecule has 6 heteroatoms. The Kier molecular flexibility index (Phi) is 3.37. The molecule has 122 valence electrons. The molecule has 0 spiro atoms. The van der Waals surface area contributed by atoms with E-state index in [0.717, 1.165) is 37.3 Å². The second-order valence-corrected chi connectivity index (χ2v) is 7.01. The van der Waals surface area contributed by atoms with Crippen LogP contribution in [0.3, 0.4) is 0 Å². The van der Waals surface area contributed by atoms with Gasteiger partial charge in [0.25, 0.3) is 0 Å². The Bertz CT molecular complexity index is 644. The number of anilines is 1. The summed E-state index contributed by atoms with van der Waals surface area (Å²) in [7, 11) is 0. The Morgan fingerprint density at radius 1 is 1.30 bits per heavy atom. The molecule has 4 rings (SSSR count). The second-order valence-electron chi connectivity index (χ2n) is 7.01. The third-order valence-electron chi connectivity index (χ3n) is 5.68. The van der Waals surface area contributed by atoms with E-state index in [0.29, 0.717) is 24.9 Å². The van der Waals surface area contributed by atoms with Crippen molar-refractivity contribution in [2.75, 3.05) is 18.0 Å². The minimum atomic E-state index is -0.665. The average molecular weight is 314 g/mol. The molecular formula is C17H22N4O2. The van der Waals surface area contributed by atoms with Crippen LogP contribution >= 0.6 is 0 Å². The number of fused-ring (bicyclic) bond motifs is 1. The lowest BCUT2D eigenvalue weighted by atomic mass is 9.76. The normalized spacial score (nSPS) is 33.7. The second kappa shape index (κ2) is 5.30. The van der Waals surface area contributed by atoms with E-state index >= 15 is 0 Å². The van der Waals surface area contributed by atoms with Gasteiger partial charge in [-0.05, 0) is 44.4 Å². The zero-order chi connectivity index (χ0) is 16.0. The third kappa shape index (κ3) is 2.32. The molecule has 6 nitrogen and oxygen atoms in total. The van der Waals surface area contributed by atoms with E-state index in [1.807, 2.05) is 19.1 Å². The van der Waals surface area contributed by atoms with E-state index < -0.39 is 5.41 Å². The molecule has 3 atom stereocenters. The van der Waals surface area contributed by atoms with E-state index in [1.54, 1.807) is 6.20 Å². The summed E-state index contributed by atoms with van der Waals surface area (Å²) in [6, 6.07) is 5.14. The number of aromatic nitrogens is 1. The molecule has 0 aliphatic carbocycles. The van der Waals surface area contributed by atoms with Crippen LogP contribution in [0.5, 0.6) is 0 Å². The SMILES string of the molecule is CC1(c2ccc(N3CCC4NCCC43)nc2)CCC(=O)NC1=O. The number of amides is 2. The van der Waals surface area contributed by atoms with Crippen LogP contribution in [0.25, 0.3) is 0 Å². The Morgan fingerprint density at radius 2 is 2.17 bits per heavy atom. The first-order chi connectivity index (χ1) is 11.1. The maximum absolute atomic E-state index is 12.2. The molecular weight excluding hydrogens is 292 g/mol. The molecule has 1 aromatic rings. The van der Waals surface area contributed by atoms with Gasteiger partial charge in [0.15, 0.2) is 0 Å². The number of pyridine rings is 1. The lowest BCUT2D eigenvalue weighted by Gasteiger charge is -2.32. The molecule has 4 heterocycles. The van der Waals surface area contributed by atoms with Gasteiger partial charge in [0.1, 0.15) is 5.82 Å². The maximum Gasteiger partial charge on any atom is 0.236 e. The van der Waals surface area contributed by atoms with Crippen molar-refractivity contribution in [1.29, 1.82) is 0 Å². The Hall–Kier alpha value is -1.95. The first kappa shape index (κ1) is 14.6. The number of hydrogen-bond donors (Lipinski definition) is 2. The van der Waals surface area contributed by atoms with Crippen molar-refractivity contribution in [2.45, 2.75) is 50.1 Å². The predicted molar refractivity (Wildman–Crippen MR) is 86.1 cm³/mol. The number of imide groups is 1. The van der Waals surface area contributed by atoms with Crippen LogP contribution in [0.2, 0.25) is 0 Å². The van der Waals surface area contributed by atoms with Gasteiger partial charge in [-0.1, -0.05) is 6.07 Å². The summed E-state index contributed by atoms with van der Waals surface area (Å²) in [5.74, 6) is 0.583. The van der Waals surface area contributed by atoms with Gasteiger partial charge < -0.3 is 10.2 Å². The van der Waals surface area contributed by atoms with Gasteiger partial charge in [-0.25, -0.2) is 4.98 Å². The highest BCUT2D eigenvalue weighted by Gasteiger charge is 2.41. The molecule has 3 fully saturated rings. The van der Waals surface area contributed by atoms with Crippen molar-refractivity contribution < 1.29 is 9.59 Å². The van der Waals surface area contributed by atoms with E-state index in [9.17, 15) is 9.59 Å². The van der Waals surface area contributed by atoms with Gasteiger partial charge >= 0.3 is 0 Å². The van der Waals surface area contributed by atoms with Crippen molar-refractivity contribution in [1.82, 2.24) is 15.6 Å². The largest absolute Gasteiger partial charge is 0.352 e. The molecule has 3 unspecified atom stereocenters. The van der Waals surface area contributed by atoms with Crippen LogP contribution in [0.1, 0.15) is 38.2 Å². The van der Waals surface area contributed by atoms with Crippen LogP contribution in [0, 0.1) is 0 Å². The Morgan fingerprint density at radius 3 is 2.91 bits per heavy atom. The Labute approximate surface area is 135 Å². The molecule has 2 amide bonds. The predicted octanol–water partition coefficient (Wildman–Crippen LogP) is 0.717. The fraction of sp³-hybridized carbons (Fsp3) is 0.588.